The molecule has 0 radical (unpaired) electrons. The molecule has 0 aliphatic carbocycles. The van der Waals surface area contributed by atoms with Crippen molar-refractivity contribution >= 4 is 11.6 Å². The first-order valence-corrected chi connectivity index (χ1v) is 9.76. The molecule has 0 N–H and O–H groups in total. The van der Waals surface area contributed by atoms with E-state index in [4.69, 9.17) is 11.6 Å². The van der Waals surface area contributed by atoms with Crippen molar-refractivity contribution in [3.63, 3.8) is 0 Å². The smallest absolute Gasteiger partial charge is 0.0333 e. The van der Waals surface area contributed by atoms with Gasteiger partial charge >= 0.3 is 0 Å². The SMILES string of the molecule is ClCC(c1ccccc1-c1ccccc1)c1ccccc1-c1ccccc1. The van der Waals surface area contributed by atoms with E-state index in [9.17, 15) is 0 Å². The second-order valence-corrected chi connectivity index (χ2v) is 6.92. The molecule has 0 bridgehead atoms. The third kappa shape index (κ3) is 3.67. The number of hydrogen-bond acceptors (Lipinski definition) is 0. The highest BCUT2D eigenvalue weighted by Gasteiger charge is 2.20. The molecule has 0 heterocycles. The zero-order chi connectivity index (χ0) is 18.5. The van der Waals surface area contributed by atoms with Crippen LogP contribution in [0, 0.1) is 0 Å². The van der Waals surface area contributed by atoms with Crippen molar-refractivity contribution in [2.24, 2.45) is 0 Å². The third-order valence-corrected chi connectivity index (χ3v) is 5.30. The summed E-state index contributed by atoms with van der Waals surface area (Å²) in [5, 5.41) is 0. The lowest BCUT2D eigenvalue weighted by molar-refractivity contribution is 0.936. The summed E-state index contributed by atoms with van der Waals surface area (Å²) in [6.07, 6.45) is 0. The lowest BCUT2D eigenvalue weighted by Gasteiger charge is -2.22. The van der Waals surface area contributed by atoms with Crippen LogP contribution in [0.2, 0.25) is 0 Å². The van der Waals surface area contributed by atoms with Crippen molar-refractivity contribution in [1.29, 1.82) is 0 Å². The predicted molar refractivity (Wildman–Crippen MR) is 116 cm³/mol. The number of hydrogen-bond donors (Lipinski definition) is 0. The van der Waals surface area contributed by atoms with Crippen molar-refractivity contribution in [2.45, 2.75) is 5.92 Å². The summed E-state index contributed by atoms with van der Waals surface area (Å²) in [6.45, 7) is 0. The normalized spacial score (nSPS) is 10.9. The van der Waals surface area contributed by atoms with Gasteiger partial charge in [0.15, 0.2) is 0 Å². The number of benzene rings is 4. The zero-order valence-corrected chi connectivity index (χ0v) is 15.8. The molecule has 0 aromatic heterocycles. The van der Waals surface area contributed by atoms with Crippen molar-refractivity contribution in [3.05, 3.63) is 120 Å². The number of halogens is 1. The molecule has 27 heavy (non-hydrogen) atoms. The van der Waals surface area contributed by atoms with Crippen molar-refractivity contribution in [1.82, 2.24) is 0 Å². The molecule has 0 spiro atoms. The molecule has 0 saturated heterocycles. The van der Waals surface area contributed by atoms with Crippen molar-refractivity contribution in [2.75, 3.05) is 5.88 Å². The maximum absolute atomic E-state index is 6.56. The van der Waals surface area contributed by atoms with Gasteiger partial charge in [0.1, 0.15) is 0 Å². The average Bonchev–Trinajstić information content (AvgIpc) is 2.76. The second-order valence-electron chi connectivity index (χ2n) is 6.61. The lowest BCUT2D eigenvalue weighted by atomic mass is 9.83. The Hall–Kier alpha value is -2.83. The molecule has 1 heteroatoms. The third-order valence-electron chi connectivity index (χ3n) is 5.00. The van der Waals surface area contributed by atoms with E-state index in [1.165, 1.54) is 33.4 Å². The van der Waals surface area contributed by atoms with Crippen LogP contribution in [-0.4, -0.2) is 5.88 Å². The van der Waals surface area contributed by atoms with Crippen LogP contribution in [0.3, 0.4) is 0 Å². The van der Waals surface area contributed by atoms with Crippen LogP contribution < -0.4 is 0 Å². The highest BCUT2D eigenvalue weighted by atomic mass is 35.5. The molecule has 0 fully saturated rings. The first-order valence-electron chi connectivity index (χ1n) is 9.23. The van der Waals surface area contributed by atoms with Crippen LogP contribution in [0.25, 0.3) is 22.3 Å². The van der Waals surface area contributed by atoms with Gasteiger partial charge in [-0.3, -0.25) is 0 Å². The van der Waals surface area contributed by atoms with Gasteiger partial charge in [0.05, 0.1) is 0 Å². The minimum atomic E-state index is 0.125. The van der Waals surface area contributed by atoms with E-state index in [2.05, 4.69) is 109 Å². The summed E-state index contributed by atoms with van der Waals surface area (Å²) in [6, 6.07) is 38.3. The average molecular weight is 369 g/mol. The van der Waals surface area contributed by atoms with Crippen LogP contribution in [0.4, 0.5) is 0 Å². The maximum atomic E-state index is 6.56. The quantitative estimate of drug-likeness (QED) is 0.322. The van der Waals surface area contributed by atoms with E-state index in [0.717, 1.165) is 0 Å². The molecule has 4 rings (SSSR count). The molecular formula is C26H21Cl. The topological polar surface area (TPSA) is 0 Å². The Labute approximate surface area is 166 Å². The fourth-order valence-corrected chi connectivity index (χ4v) is 4.03. The highest BCUT2D eigenvalue weighted by molar-refractivity contribution is 6.18. The van der Waals surface area contributed by atoms with E-state index < -0.39 is 0 Å². The number of alkyl halides is 1. The summed E-state index contributed by atoms with van der Waals surface area (Å²) in [5.41, 5.74) is 7.46. The Bertz CT molecular complexity index is 923. The summed E-state index contributed by atoms with van der Waals surface area (Å²) in [7, 11) is 0. The standard InChI is InChI=1S/C26H21Cl/c27-19-26(24-17-9-7-15-22(24)20-11-3-1-4-12-20)25-18-10-8-16-23(25)21-13-5-2-6-14-21/h1-18,26H,19H2. The Morgan fingerprint density at radius 1 is 0.481 bits per heavy atom. The maximum Gasteiger partial charge on any atom is 0.0333 e. The number of rotatable bonds is 5. The largest absolute Gasteiger partial charge is 0.126 e. The fraction of sp³-hybridized carbons (Fsp3) is 0.0769. The van der Waals surface area contributed by atoms with Crippen LogP contribution in [-0.2, 0) is 0 Å². The van der Waals surface area contributed by atoms with Crippen LogP contribution in [0.1, 0.15) is 17.0 Å². The molecule has 0 nitrogen and oxygen atoms in total. The lowest BCUT2D eigenvalue weighted by Crippen LogP contribution is -2.06. The first kappa shape index (κ1) is 17.6. The van der Waals surface area contributed by atoms with Gasteiger partial charge in [-0.15, -0.1) is 11.6 Å². The van der Waals surface area contributed by atoms with E-state index in [1.54, 1.807) is 0 Å². The molecule has 0 unspecified atom stereocenters. The van der Waals surface area contributed by atoms with Gasteiger partial charge in [-0.25, -0.2) is 0 Å². The minimum Gasteiger partial charge on any atom is -0.126 e. The monoisotopic (exact) mass is 368 g/mol. The van der Waals surface area contributed by atoms with Crippen molar-refractivity contribution in [3.8, 4) is 22.3 Å². The summed E-state index contributed by atoms with van der Waals surface area (Å²) >= 11 is 6.56. The van der Waals surface area contributed by atoms with Gasteiger partial charge in [0.2, 0.25) is 0 Å². The van der Waals surface area contributed by atoms with Gasteiger partial charge in [0.25, 0.3) is 0 Å². The Morgan fingerprint density at radius 3 is 1.26 bits per heavy atom. The summed E-state index contributed by atoms with van der Waals surface area (Å²) < 4.78 is 0. The fourth-order valence-electron chi connectivity index (χ4n) is 3.70. The molecule has 0 aliphatic heterocycles. The van der Waals surface area contributed by atoms with Crippen LogP contribution >= 0.6 is 11.6 Å². The van der Waals surface area contributed by atoms with E-state index in [1.807, 2.05) is 0 Å². The van der Waals surface area contributed by atoms with Gasteiger partial charge in [-0.05, 0) is 33.4 Å². The molecule has 0 aliphatic rings. The predicted octanol–water partition coefficient (Wildman–Crippen LogP) is 7.39. The molecule has 132 valence electrons. The van der Waals surface area contributed by atoms with Gasteiger partial charge in [-0.1, -0.05) is 109 Å². The zero-order valence-electron chi connectivity index (χ0n) is 15.1. The molecular weight excluding hydrogens is 348 g/mol. The Kier molecular flexibility index (Phi) is 5.37. The highest BCUT2D eigenvalue weighted by Crippen LogP contribution is 2.38. The van der Waals surface area contributed by atoms with E-state index in [-0.39, 0.29) is 5.92 Å². The van der Waals surface area contributed by atoms with Crippen LogP contribution in [0.15, 0.2) is 109 Å². The Morgan fingerprint density at radius 2 is 0.852 bits per heavy atom. The molecule has 0 amide bonds. The Balaban J connectivity index is 1.86. The summed E-state index contributed by atoms with van der Waals surface area (Å²) in [4.78, 5) is 0. The van der Waals surface area contributed by atoms with Gasteiger partial charge in [-0.2, -0.15) is 0 Å². The second kappa shape index (κ2) is 8.24. The molecule has 4 aromatic rings. The summed E-state index contributed by atoms with van der Waals surface area (Å²) in [5.74, 6) is 0.660. The van der Waals surface area contributed by atoms with Crippen molar-refractivity contribution < 1.29 is 0 Å². The minimum absolute atomic E-state index is 0.125. The van der Waals surface area contributed by atoms with E-state index in [0.29, 0.717) is 5.88 Å². The van der Waals surface area contributed by atoms with Gasteiger partial charge < -0.3 is 0 Å². The molecule has 4 aromatic carbocycles. The molecule has 0 atom stereocenters. The van der Waals surface area contributed by atoms with Gasteiger partial charge in [0, 0.05) is 11.8 Å². The van der Waals surface area contributed by atoms with E-state index >= 15 is 0 Å². The molecule has 0 saturated carbocycles. The first-order chi connectivity index (χ1) is 13.4. The van der Waals surface area contributed by atoms with Crippen LogP contribution in [0.5, 0.6) is 0 Å².